The quantitative estimate of drug-likeness (QED) is 0.687. The maximum absolute atomic E-state index is 13.8. The maximum Gasteiger partial charge on any atom is 0.305 e. The fourth-order valence-corrected chi connectivity index (χ4v) is 1.57. The molecule has 1 aromatic carbocycles. The van der Waals surface area contributed by atoms with Gasteiger partial charge in [0.15, 0.2) is 0 Å². The minimum atomic E-state index is -1.52. The molecule has 0 unspecified atom stereocenters. The number of aryl methyl sites for hydroxylation is 1. The third-order valence-electron chi connectivity index (χ3n) is 2.56. The van der Waals surface area contributed by atoms with Crippen LogP contribution >= 0.6 is 0 Å². The second-order valence-electron chi connectivity index (χ2n) is 3.81. The van der Waals surface area contributed by atoms with Gasteiger partial charge < -0.3 is 5.32 Å². The Bertz CT molecular complexity index is 699. The van der Waals surface area contributed by atoms with Crippen LogP contribution in [0.25, 0.3) is 0 Å². The summed E-state index contributed by atoms with van der Waals surface area (Å²) in [5.41, 5.74) is -1.98. The predicted octanol–water partition coefficient (Wildman–Crippen LogP) is 1.86. The van der Waals surface area contributed by atoms with Crippen molar-refractivity contribution in [2.45, 2.75) is 0 Å². The number of carbonyl (C=O) groups excluding carboxylic acids is 1. The molecule has 0 spiro atoms. The lowest BCUT2D eigenvalue weighted by molar-refractivity contribution is -0.387. The van der Waals surface area contributed by atoms with Crippen molar-refractivity contribution in [3.05, 3.63) is 51.7 Å². The van der Waals surface area contributed by atoms with Gasteiger partial charge in [-0.1, -0.05) is 0 Å². The number of hydrogen-bond donors (Lipinski definition) is 1. The number of aromatic nitrogens is 2. The van der Waals surface area contributed by atoms with Gasteiger partial charge in [-0.25, -0.2) is 4.39 Å². The smallest absolute Gasteiger partial charge is 0.305 e. The van der Waals surface area contributed by atoms with Crippen LogP contribution in [-0.2, 0) is 7.05 Å². The summed E-state index contributed by atoms with van der Waals surface area (Å²) in [5, 5.41) is 16.5. The van der Waals surface area contributed by atoms with Gasteiger partial charge in [-0.3, -0.25) is 19.6 Å². The van der Waals surface area contributed by atoms with Crippen LogP contribution in [0.3, 0.4) is 0 Å². The molecule has 1 amide bonds. The van der Waals surface area contributed by atoms with Gasteiger partial charge in [0, 0.05) is 19.2 Å². The summed E-state index contributed by atoms with van der Waals surface area (Å²) in [4.78, 5) is 21.4. The molecule has 1 N–H and O–H groups in total. The number of carbonyl (C=O) groups is 1. The number of amides is 1. The number of anilines is 1. The molecule has 1 heterocycles. The Labute approximate surface area is 111 Å². The van der Waals surface area contributed by atoms with E-state index in [1.807, 2.05) is 0 Å². The van der Waals surface area contributed by atoms with Gasteiger partial charge in [0.25, 0.3) is 5.91 Å². The lowest BCUT2D eigenvalue weighted by Gasteiger charge is -2.07. The van der Waals surface area contributed by atoms with Gasteiger partial charge in [0.1, 0.15) is 17.2 Å². The zero-order valence-corrected chi connectivity index (χ0v) is 10.1. The summed E-state index contributed by atoms with van der Waals surface area (Å²) < 4.78 is 28.6. The molecule has 2 rings (SSSR count). The fraction of sp³-hybridized carbons (Fsp3) is 0.0909. The highest BCUT2D eigenvalue weighted by molar-refractivity contribution is 6.04. The molecule has 0 saturated carbocycles. The molecule has 0 fully saturated rings. The van der Waals surface area contributed by atoms with E-state index in [1.54, 1.807) is 0 Å². The minimum Gasteiger partial charge on any atom is -0.307 e. The van der Waals surface area contributed by atoms with Crippen LogP contribution in [0.4, 0.5) is 20.3 Å². The van der Waals surface area contributed by atoms with E-state index in [1.165, 1.54) is 24.0 Å². The normalized spacial score (nSPS) is 10.3. The summed E-state index contributed by atoms with van der Waals surface area (Å²) in [6.45, 7) is 0. The van der Waals surface area contributed by atoms with E-state index in [9.17, 15) is 23.7 Å². The van der Waals surface area contributed by atoms with Gasteiger partial charge in [-0.15, -0.1) is 0 Å². The van der Waals surface area contributed by atoms with Gasteiger partial charge in [-0.05, 0) is 6.07 Å². The van der Waals surface area contributed by atoms with Crippen LogP contribution in [0, 0.1) is 21.7 Å². The van der Waals surface area contributed by atoms with Crippen LogP contribution in [0.2, 0.25) is 0 Å². The Morgan fingerprint density at radius 2 is 2.10 bits per heavy atom. The van der Waals surface area contributed by atoms with Crippen LogP contribution in [0.1, 0.15) is 10.4 Å². The van der Waals surface area contributed by atoms with Crippen molar-refractivity contribution in [2.24, 2.45) is 7.05 Å². The molecule has 0 aliphatic heterocycles. The number of nitrogens with one attached hydrogen (secondary N) is 1. The monoisotopic (exact) mass is 282 g/mol. The van der Waals surface area contributed by atoms with Crippen molar-refractivity contribution in [2.75, 3.05) is 5.32 Å². The molecule has 104 valence electrons. The van der Waals surface area contributed by atoms with E-state index in [0.717, 1.165) is 0 Å². The van der Waals surface area contributed by atoms with E-state index in [4.69, 9.17) is 0 Å². The van der Waals surface area contributed by atoms with Gasteiger partial charge in [0.05, 0.1) is 11.1 Å². The van der Waals surface area contributed by atoms with Crippen molar-refractivity contribution < 1.29 is 18.5 Å². The van der Waals surface area contributed by atoms with Crippen molar-refractivity contribution in [3.63, 3.8) is 0 Å². The summed E-state index contributed by atoms with van der Waals surface area (Å²) >= 11 is 0. The molecule has 9 heteroatoms. The van der Waals surface area contributed by atoms with E-state index in [2.05, 4.69) is 10.4 Å². The van der Waals surface area contributed by atoms with Gasteiger partial charge in [-0.2, -0.15) is 9.49 Å². The lowest BCUT2D eigenvalue weighted by Crippen LogP contribution is -2.18. The summed E-state index contributed by atoms with van der Waals surface area (Å²) in [6.07, 6.45) is 1.37. The summed E-state index contributed by atoms with van der Waals surface area (Å²) in [7, 11) is 1.51. The largest absolute Gasteiger partial charge is 0.307 e. The van der Waals surface area contributed by atoms with E-state index in [-0.39, 0.29) is 5.82 Å². The molecule has 7 nitrogen and oxygen atoms in total. The number of hydrogen-bond acceptors (Lipinski definition) is 4. The molecule has 0 aliphatic carbocycles. The Balaban J connectivity index is 2.42. The molecule has 0 bridgehead atoms. The Morgan fingerprint density at radius 1 is 1.40 bits per heavy atom. The first-order valence-corrected chi connectivity index (χ1v) is 5.33. The SMILES string of the molecule is Cn1nccc1NC(=O)c1c(F)ccc([N+](=O)[O-])c1F. The number of halogens is 2. The van der Waals surface area contributed by atoms with E-state index < -0.39 is 33.7 Å². The first kappa shape index (κ1) is 13.6. The van der Waals surface area contributed by atoms with Crippen molar-refractivity contribution in [1.82, 2.24) is 9.78 Å². The second kappa shape index (κ2) is 5.03. The van der Waals surface area contributed by atoms with Crippen molar-refractivity contribution in [1.29, 1.82) is 0 Å². The average Bonchev–Trinajstić information content (AvgIpc) is 2.74. The third kappa shape index (κ3) is 2.32. The maximum atomic E-state index is 13.8. The van der Waals surface area contributed by atoms with Crippen LogP contribution in [0.15, 0.2) is 24.4 Å². The highest BCUT2D eigenvalue weighted by Gasteiger charge is 2.26. The number of nitro benzene ring substituents is 1. The van der Waals surface area contributed by atoms with Crippen LogP contribution in [0.5, 0.6) is 0 Å². The zero-order chi connectivity index (χ0) is 14.9. The number of nitrogens with zero attached hydrogens (tertiary/aromatic N) is 3. The van der Waals surface area contributed by atoms with Crippen molar-refractivity contribution >= 4 is 17.4 Å². The topological polar surface area (TPSA) is 90.1 Å². The highest BCUT2D eigenvalue weighted by Crippen LogP contribution is 2.23. The molecule has 0 atom stereocenters. The first-order valence-electron chi connectivity index (χ1n) is 5.33. The summed E-state index contributed by atoms with van der Waals surface area (Å²) in [6, 6.07) is 2.73. The average molecular weight is 282 g/mol. The molecule has 1 aromatic heterocycles. The molecule has 0 saturated heterocycles. The third-order valence-corrected chi connectivity index (χ3v) is 2.56. The lowest BCUT2D eigenvalue weighted by atomic mass is 10.1. The Kier molecular flexibility index (Phi) is 3.42. The number of nitro groups is 1. The Hall–Kier alpha value is -2.84. The molecule has 2 aromatic rings. The molecule has 0 radical (unpaired) electrons. The molecule has 20 heavy (non-hydrogen) atoms. The summed E-state index contributed by atoms with van der Waals surface area (Å²) in [5.74, 6) is -3.64. The standard InChI is InChI=1S/C11H8F2N4O3/c1-16-8(4-5-14-16)15-11(18)9-6(12)2-3-7(10(9)13)17(19)20/h2-5H,1H3,(H,15,18). The first-order chi connectivity index (χ1) is 9.41. The highest BCUT2D eigenvalue weighted by atomic mass is 19.1. The van der Waals surface area contributed by atoms with Crippen LogP contribution in [-0.4, -0.2) is 20.6 Å². The minimum absolute atomic E-state index is 0.195. The molecular formula is C11H8F2N4O3. The van der Waals surface area contributed by atoms with Crippen LogP contribution < -0.4 is 5.32 Å². The van der Waals surface area contributed by atoms with E-state index >= 15 is 0 Å². The number of benzene rings is 1. The van der Waals surface area contributed by atoms with Gasteiger partial charge >= 0.3 is 5.69 Å². The van der Waals surface area contributed by atoms with Crippen molar-refractivity contribution in [3.8, 4) is 0 Å². The number of rotatable bonds is 3. The second-order valence-corrected chi connectivity index (χ2v) is 3.81. The predicted molar refractivity (Wildman–Crippen MR) is 64.2 cm³/mol. The fourth-order valence-electron chi connectivity index (χ4n) is 1.57. The van der Waals surface area contributed by atoms with E-state index in [0.29, 0.717) is 12.1 Å². The molecule has 0 aliphatic rings. The zero-order valence-electron chi connectivity index (χ0n) is 10.1. The molecular weight excluding hydrogens is 274 g/mol. The Morgan fingerprint density at radius 3 is 2.65 bits per heavy atom. The van der Waals surface area contributed by atoms with Gasteiger partial charge in [0.2, 0.25) is 5.82 Å².